The largest absolute Gasteiger partial charge is 0.339 e. The van der Waals surface area contributed by atoms with Crippen molar-refractivity contribution in [1.29, 1.82) is 0 Å². The second-order valence-corrected chi connectivity index (χ2v) is 8.35. The number of imide groups is 1. The van der Waals surface area contributed by atoms with Gasteiger partial charge in [0.1, 0.15) is 12.1 Å². The molecule has 2 aliphatic rings. The number of hydrogen-bond acceptors (Lipinski definition) is 4. The number of amides is 5. The Balaban J connectivity index is 1.54. The van der Waals surface area contributed by atoms with Gasteiger partial charge in [-0.15, -0.1) is 0 Å². The van der Waals surface area contributed by atoms with Crippen molar-refractivity contribution in [3.63, 3.8) is 0 Å². The highest BCUT2D eigenvalue weighted by atomic mass is 16.2. The van der Waals surface area contributed by atoms with E-state index in [0.29, 0.717) is 26.1 Å². The third kappa shape index (κ3) is 5.05. The predicted octanol–water partition coefficient (Wildman–Crippen LogP) is 1.94. The molecule has 0 aliphatic carbocycles. The topological polar surface area (TPSA) is 98.8 Å². The number of carbonyl (C=O) groups is 4. The number of nitrogens with zero attached hydrogens (tertiary/aromatic N) is 2. The van der Waals surface area contributed by atoms with Gasteiger partial charge in [0.05, 0.1) is 0 Å². The molecule has 2 N–H and O–H groups in total. The van der Waals surface area contributed by atoms with Crippen molar-refractivity contribution >= 4 is 23.8 Å². The summed E-state index contributed by atoms with van der Waals surface area (Å²) in [5.74, 6) is -0.835. The molecule has 4 rings (SSSR count). The number of likely N-dealkylation sites (N-methyl/N-ethyl adjacent to an activating group) is 1. The van der Waals surface area contributed by atoms with Crippen LogP contribution in [0.1, 0.15) is 25.3 Å². The summed E-state index contributed by atoms with van der Waals surface area (Å²) in [6.07, 6.45) is 0.661. The van der Waals surface area contributed by atoms with Gasteiger partial charge in [-0.25, -0.2) is 4.79 Å². The quantitative estimate of drug-likeness (QED) is 0.730. The molecule has 2 aliphatic heterocycles. The van der Waals surface area contributed by atoms with Crippen LogP contribution in [0.2, 0.25) is 0 Å². The van der Waals surface area contributed by atoms with Gasteiger partial charge in [-0.1, -0.05) is 54.6 Å². The van der Waals surface area contributed by atoms with Crippen LogP contribution < -0.4 is 10.6 Å². The van der Waals surface area contributed by atoms with Crippen LogP contribution in [-0.4, -0.2) is 65.3 Å². The van der Waals surface area contributed by atoms with Crippen molar-refractivity contribution in [1.82, 2.24) is 20.4 Å². The number of nitrogens with one attached hydrogen (secondary N) is 2. The first-order valence-corrected chi connectivity index (χ1v) is 11.3. The van der Waals surface area contributed by atoms with E-state index in [-0.39, 0.29) is 24.7 Å². The summed E-state index contributed by atoms with van der Waals surface area (Å²) in [5.41, 5.74) is 3.14. The molecule has 0 unspecified atom stereocenters. The Labute approximate surface area is 192 Å². The maximum atomic E-state index is 13.3. The smallest absolute Gasteiger partial charge is 0.322 e. The van der Waals surface area contributed by atoms with Gasteiger partial charge in [0.25, 0.3) is 0 Å². The molecule has 2 heterocycles. The van der Waals surface area contributed by atoms with Gasteiger partial charge < -0.3 is 15.1 Å². The normalized spacial score (nSPS) is 21.3. The molecule has 33 heavy (non-hydrogen) atoms. The van der Waals surface area contributed by atoms with Crippen LogP contribution in [0, 0.1) is 0 Å². The zero-order valence-corrected chi connectivity index (χ0v) is 18.6. The minimum absolute atomic E-state index is 0.0730. The molecule has 5 amide bonds. The number of urea groups is 1. The molecular formula is C25H28N4O4. The Morgan fingerprint density at radius 1 is 0.970 bits per heavy atom. The third-order valence-electron chi connectivity index (χ3n) is 6.26. The predicted molar refractivity (Wildman–Crippen MR) is 123 cm³/mol. The first-order chi connectivity index (χ1) is 16.0. The first kappa shape index (κ1) is 22.5. The lowest BCUT2D eigenvalue weighted by molar-refractivity contribution is -0.152. The standard InChI is InChI=1S/C25H28N4O4/c1-2-28-14-15-29(23(31)20-12-13-22(30)27-25(33)26-20)21(24(28)32)16-17-8-10-19(11-9-17)18-6-4-3-5-7-18/h3-11,20-21H,2,12-16H2,1H3,(H2,26,27,30,33)/t20-,21-/m1/s1. The highest BCUT2D eigenvalue weighted by molar-refractivity contribution is 5.99. The molecule has 2 atom stereocenters. The Hall–Kier alpha value is -3.68. The second kappa shape index (κ2) is 9.85. The molecule has 0 aromatic heterocycles. The molecule has 0 bridgehead atoms. The lowest BCUT2D eigenvalue weighted by atomic mass is 9.97. The van der Waals surface area contributed by atoms with Gasteiger partial charge in [0.15, 0.2) is 0 Å². The van der Waals surface area contributed by atoms with Crippen molar-refractivity contribution < 1.29 is 19.2 Å². The lowest BCUT2D eigenvalue weighted by Crippen LogP contribution is -2.62. The molecule has 2 aromatic rings. The van der Waals surface area contributed by atoms with Crippen molar-refractivity contribution in [3.8, 4) is 11.1 Å². The van der Waals surface area contributed by atoms with Crippen LogP contribution >= 0.6 is 0 Å². The van der Waals surface area contributed by atoms with Crippen LogP contribution in [0.3, 0.4) is 0 Å². The molecule has 2 saturated heterocycles. The SMILES string of the molecule is CCN1CCN(C(=O)[C@H]2CCC(=O)NC(=O)N2)[C@H](Cc2ccc(-c3ccccc3)cc2)C1=O. The van der Waals surface area contributed by atoms with Gasteiger partial charge in [0, 0.05) is 32.5 Å². The summed E-state index contributed by atoms with van der Waals surface area (Å²) >= 11 is 0. The van der Waals surface area contributed by atoms with Gasteiger partial charge in [-0.05, 0) is 30.0 Å². The monoisotopic (exact) mass is 448 g/mol. The molecule has 8 nitrogen and oxygen atoms in total. The molecule has 2 fully saturated rings. The molecule has 0 saturated carbocycles. The molecular weight excluding hydrogens is 420 g/mol. The Morgan fingerprint density at radius 3 is 2.36 bits per heavy atom. The fraction of sp³-hybridized carbons (Fsp3) is 0.360. The lowest BCUT2D eigenvalue weighted by Gasteiger charge is -2.41. The summed E-state index contributed by atoms with van der Waals surface area (Å²) in [6, 6.07) is 15.9. The number of rotatable bonds is 5. The van der Waals surface area contributed by atoms with E-state index < -0.39 is 24.0 Å². The minimum Gasteiger partial charge on any atom is -0.339 e. The van der Waals surface area contributed by atoms with Gasteiger partial charge in [-0.2, -0.15) is 0 Å². The number of hydrogen-bond donors (Lipinski definition) is 2. The second-order valence-electron chi connectivity index (χ2n) is 8.35. The van der Waals surface area contributed by atoms with E-state index >= 15 is 0 Å². The van der Waals surface area contributed by atoms with Crippen LogP contribution in [0.5, 0.6) is 0 Å². The molecule has 0 spiro atoms. The van der Waals surface area contributed by atoms with Crippen LogP contribution in [0.4, 0.5) is 4.79 Å². The summed E-state index contributed by atoms with van der Waals surface area (Å²) in [6.45, 7) is 3.33. The highest BCUT2D eigenvalue weighted by Gasteiger charge is 2.40. The van der Waals surface area contributed by atoms with E-state index in [1.165, 1.54) is 0 Å². The summed E-state index contributed by atoms with van der Waals surface area (Å²) in [4.78, 5) is 53.4. The van der Waals surface area contributed by atoms with E-state index in [4.69, 9.17) is 0 Å². The summed E-state index contributed by atoms with van der Waals surface area (Å²) in [7, 11) is 0. The molecule has 8 heteroatoms. The molecule has 172 valence electrons. The van der Waals surface area contributed by atoms with E-state index in [1.54, 1.807) is 9.80 Å². The van der Waals surface area contributed by atoms with E-state index in [9.17, 15) is 19.2 Å². The van der Waals surface area contributed by atoms with Crippen LogP contribution in [-0.2, 0) is 20.8 Å². The average Bonchev–Trinajstić information content (AvgIpc) is 3.00. The van der Waals surface area contributed by atoms with Crippen molar-refractivity contribution in [2.24, 2.45) is 0 Å². The number of benzene rings is 2. The van der Waals surface area contributed by atoms with Gasteiger partial charge in [0.2, 0.25) is 17.7 Å². The Morgan fingerprint density at radius 2 is 1.67 bits per heavy atom. The number of carbonyl (C=O) groups excluding carboxylic acids is 4. The number of piperazine rings is 1. The van der Waals surface area contributed by atoms with Crippen molar-refractivity contribution in [3.05, 3.63) is 60.2 Å². The summed E-state index contributed by atoms with van der Waals surface area (Å²) < 4.78 is 0. The maximum absolute atomic E-state index is 13.3. The van der Waals surface area contributed by atoms with Crippen LogP contribution in [0.25, 0.3) is 11.1 Å². The van der Waals surface area contributed by atoms with Gasteiger partial charge in [-0.3, -0.25) is 19.7 Å². The summed E-state index contributed by atoms with van der Waals surface area (Å²) in [5, 5.41) is 4.76. The fourth-order valence-electron chi connectivity index (χ4n) is 4.42. The van der Waals surface area contributed by atoms with Crippen molar-refractivity contribution in [2.75, 3.05) is 19.6 Å². The fourth-order valence-corrected chi connectivity index (χ4v) is 4.42. The first-order valence-electron chi connectivity index (χ1n) is 11.3. The Bertz CT molecular complexity index is 1040. The Kier molecular flexibility index (Phi) is 6.72. The van der Waals surface area contributed by atoms with Crippen molar-refractivity contribution in [2.45, 2.75) is 38.3 Å². The van der Waals surface area contributed by atoms with Crippen LogP contribution in [0.15, 0.2) is 54.6 Å². The van der Waals surface area contributed by atoms with Gasteiger partial charge >= 0.3 is 6.03 Å². The zero-order chi connectivity index (χ0) is 23.4. The molecule has 2 aromatic carbocycles. The maximum Gasteiger partial charge on any atom is 0.322 e. The average molecular weight is 449 g/mol. The van der Waals surface area contributed by atoms with E-state index in [1.807, 2.05) is 61.5 Å². The van der Waals surface area contributed by atoms with E-state index in [0.717, 1.165) is 16.7 Å². The minimum atomic E-state index is -0.833. The third-order valence-corrected chi connectivity index (χ3v) is 6.26. The van der Waals surface area contributed by atoms with E-state index in [2.05, 4.69) is 10.6 Å². The zero-order valence-electron chi connectivity index (χ0n) is 18.6. The highest BCUT2D eigenvalue weighted by Crippen LogP contribution is 2.23. The molecule has 0 radical (unpaired) electrons.